The molecule has 1 aromatic rings. The summed E-state index contributed by atoms with van der Waals surface area (Å²) < 4.78 is 13.6. The van der Waals surface area contributed by atoms with Crippen LogP contribution in [0.4, 0.5) is 4.39 Å². The van der Waals surface area contributed by atoms with Crippen molar-refractivity contribution in [2.45, 2.75) is 51.1 Å². The Balaban J connectivity index is 1.94. The summed E-state index contributed by atoms with van der Waals surface area (Å²) in [6.45, 7) is 4.13. The van der Waals surface area contributed by atoms with E-state index in [2.05, 4.69) is 16.3 Å². The van der Waals surface area contributed by atoms with Crippen LogP contribution in [0.2, 0.25) is 0 Å². The van der Waals surface area contributed by atoms with Crippen molar-refractivity contribution in [1.82, 2.24) is 10.2 Å². The summed E-state index contributed by atoms with van der Waals surface area (Å²) in [6.07, 6.45) is 6.55. The Morgan fingerprint density at radius 1 is 1.24 bits per heavy atom. The van der Waals surface area contributed by atoms with Crippen LogP contribution in [0.15, 0.2) is 18.2 Å². The zero-order valence-corrected chi connectivity index (χ0v) is 13.2. The molecule has 0 aromatic heterocycles. The maximum atomic E-state index is 13.6. The largest absolute Gasteiger partial charge is 0.319 e. The molecular weight excluding hydrogens is 263 g/mol. The third-order valence-electron chi connectivity index (χ3n) is 5.05. The summed E-state index contributed by atoms with van der Waals surface area (Å²) in [5.41, 5.74) is 2.08. The SMILES string of the molecule is CNCC1CCCCN(C2CC2)C1c1ccc(F)c(C)c1. The Morgan fingerprint density at radius 3 is 2.71 bits per heavy atom. The molecule has 2 unspecified atom stereocenters. The molecule has 1 N–H and O–H groups in total. The predicted octanol–water partition coefficient (Wildman–Crippen LogP) is 3.66. The predicted molar refractivity (Wildman–Crippen MR) is 84.9 cm³/mol. The maximum Gasteiger partial charge on any atom is 0.126 e. The van der Waals surface area contributed by atoms with Gasteiger partial charge < -0.3 is 5.32 Å². The Kier molecular flexibility index (Phi) is 4.60. The molecule has 1 saturated heterocycles. The standard InChI is InChI=1S/C18H27FN2/c1-13-11-14(6-9-17(13)19)18-15(12-20-2)5-3-4-10-21(18)16-7-8-16/h6,9,11,15-16,18,20H,3-5,7-8,10,12H2,1-2H3. The molecule has 0 spiro atoms. The summed E-state index contributed by atoms with van der Waals surface area (Å²) in [7, 11) is 2.04. The van der Waals surface area contributed by atoms with Gasteiger partial charge in [-0.25, -0.2) is 4.39 Å². The van der Waals surface area contributed by atoms with Crippen LogP contribution in [0.5, 0.6) is 0 Å². The summed E-state index contributed by atoms with van der Waals surface area (Å²) in [4.78, 5) is 2.71. The van der Waals surface area contributed by atoms with Gasteiger partial charge in [0.2, 0.25) is 0 Å². The average Bonchev–Trinajstić information content (AvgIpc) is 3.28. The number of nitrogens with one attached hydrogen (secondary N) is 1. The van der Waals surface area contributed by atoms with E-state index in [1.54, 1.807) is 6.07 Å². The van der Waals surface area contributed by atoms with Gasteiger partial charge in [-0.15, -0.1) is 0 Å². The summed E-state index contributed by atoms with van der Waals surface area (Å²) >= 11 is 0. The molecule has 1 aliphatic heterocycles. The lowest BCUT2D eigenvalue weighted by Crippen LogP contribution is -2.37. The highest BCUT2D eigenvalue weighted by Crippen LogP contribution is 2.42. The number of benzene rings is 1. The Labute approximate surface area is 127 Å². The number of nitrogens with zero attached hydrogens (tertiary/aromatic N) is 1. The highest BCUT2D eigenvalue weighted by molar-refractivity contribution is 5.28. The van der Waals surface area contributed by atoms with Crippen LogP contribution in [0, 0.1) is 18.7 Å². The van der Waals surface area contributed by atoms with E-state index < -0.39 is 0 Å². The molecule has 21 heavy (non-hydrogen) atoms. The van der Waals surface area contributed by atoms with Gasteiger partial charge in [0.25, 0.3) is 0 Å². The fourth-order valence-electron chi connectivity index (χ4n) is 3.88. The summed E-state index contributed by atoms with van der Waals surface area (Å²) in [5, 5.41) is 3.37. The molecule has 1 aliphatic carbocycles. The number of hydrogen-bond donors (Lipinski definition) is 1. The lowest BCUT2D eigenvalue weighted by atomic mass is 9.88. The van der Waals surface area contributed by atoms with Gasteiger partial charge in [0.15, 0.2) is 0 Å². The Bertz CT molecular complexity index is 484. The number of halogens is 1. The first kappa shape index (κ1) is 15.0. The molecule has 2 aliphatic rings. The minimum Gasteiger partial charge on any atom is -0.319 e. The lowest BCUT2D eigenvalue weighted by molar-refractivity contribution is 0.145. The van der Waals surface area contributed by atoms with Gasteiger partial charge in [-0.2, -0.15) is 0 Å². The zero-order valence-electron chi connectivity index (χ0n) is 13.2. The van der Waals surface area contributed by atoms with Crippen molar-refractivity contribution in [3.8, 4) is 0 Å². The van der Waals surface area contributed by atoms with Gasteiger partial charge >= 0.3 is 0 Å². The second-order valence-corrected chi connectivity index (χ2v) is 6.74. The van der Waals surface area contributed by atoms with Crippen LogP contribution in [0.1, 0.15) is 49.3 Å². The normalized spacial score (nSPS) is 27.6. The minimum atomic E-state index is -0.0875. The minimum absolute atomic E-state index is 0.0875. The van der Waals surface area contributed by atoms with E-state index in [4.69, 9.17) is 0 Å². The Morgan fingerprint density at radius 2 is 2.05 bits per heavy atom. The third kappa shape index (κ3) is 3.29. The van der Waals surface area contributed by atoms with Crippen LogP contribution in [0.25, 0.3) is 0 Å². The first-order chi connectivity index (χ1) is 10.2. The van der Waals surface area contributed by atoms with Crippen molar-refractivity contribution in [3.63, 3.8) is 0 Å². The number of aryl methyl sites for hydroxylation is 1. The van der Waals surface area contributed by atoms with E-state index in [0.717, 1.165) is 18.2 Å². The molecule has 116 valence electrons. The molecule has 1 aromatic carbocycles. The first-order valence-corrected chi connectivity index (χ1v) is 8.37. The molecule has 2 nitrogen and oxygen atoms in total. The van der Waals surface area contributed by atoms with Gasteiger partial charge in [0.1, 0.15) is 5.82 Å². The molecule has 0 bridgehead atoms. The topological polar surface area (TPSA) is 15.3 Å². The van der Waals surface area contributed by atoms with Gasteiger partial charge in [-0.05, 0) is 75.9 Å². The van der Waals surface area contributed by atoms with Crippen LogP contribution < -0.4 is 5.32 Å². The second kappa shape index (κ2) is 6.45. The monoisotopic (exact) mass is 290 g/mol. The molecule has 0 amide bonds. The van der Waals surface area contributed by atoms with Crippen molar-refractivity contribution in [3.05, 3.63) is 35.1 Å². The molecule has 3 heteroatoms. The van der Waals surface area contributed by atoms with Crippen molar-refractivity contribution >= 4 is 0 Å². The average molecular weight is 290 g/mol. The quantitative estimate of drug-likeness (QED) is 0.910. The van der Waals surface area contributed by atoms with Crippen molar-refractivity contribution in [1.29, 1.82) is 0 Å². The van der Waals surface area contributed by atoms with Gasteiger partial charge in [-0.1, -0.05) is 18.6 Å². The van der Waals surface area contributed by atoms with Crippen molar-refractivity contribution in [2.75, 3.05) is 20.1 Å². The number of likely N-dealkylation sites (tertiary alicyclic amines) is 1. The number of hydrogen-bond acceptors (Lipinski definition) is 2. The van der Waals surface area contributed by atoms with Crippen LogP contribution in [-0.2, 0) is 0 Å². The fraction of sp³-hybridized carbons (Fsp3) is 0.667. The molecule has 1 saturated carbocycles. The molecule has 0 radical (unpaired) electrons. The van der Waals surface area contributed by atoms with Gasteiger partial charge in [-0.3, -0.25) is 4.90 Å². The van der Waals surface area contributed by atoms with E-state index >= 15 is 0 Å². The fourth-order valence-corrected chi connectivity index (χ4v) is 3.88. The van der Waals surface area contributed by atoms with Crippen LogP contribution >= 0.6 is 0 Å². The van der Waals surface area contributed by atoms with Gasteiger partial charge in [0, 0.05) is 12.1 Å². The molecule has 3 rings (SSSR count). The molecule has 2 fully saturated rings. The Hall–Kier alpha value is -0.930. The van der Waals surface area contributed by atoms with E-state index in [9.17, 15) is 4.39 Å². The summed E-state index contributed by atoms with van der Waals surface area (Å²) in [6, 6.07) is 6.95. The van der Waals surface area contributed by atoms with E-state index in [1.807, 2.05) is 20.0 Å². The highest BCUT2D eigenvalue weighted by atomic mass is 19.1. The highest BCUT2D eigenvalue weighted by Gasteiger charge is 2.39. The third-order valence-corrected chi connectivity index (χ3v) is 5.05. The molecule has 1 heterocycles. The van der Waals surface area contributed by atoms with E-state index in [1.165, 1.54) is 44.2 Å². The number of rotatable bonds is 4. The van der Waals surface area contributed by atoms with Crippen LogP contribution in [-0.4, -0.2) is 31.1 Å². The van der Waals surface area contributed by atoms with Crippen LogP contribution in [0.3, 0.4) is 0 Å². The summed E-state index contributed by atoms with van der Waals surface area (Å²) in [5.74, 6) is 0.540. The molecular formula is C18H27FN2. The van der Waals surface area contributed by atoms with E-state index in [-0.39, 0.29) is 5.82 Å². The second-order valence-electron chi connectivity index (χ2n) is 6.74. The van der Waals surface area contributed by atoms with E-state index in [0.29, 0.717) is 12.0 Å². The van der Waals surface area contributed by atoms with Crippen molar-refractivity contribution in [2.24, 2.45) is 5.92 Å². The lowest BCUT2D eigenvalue weighted by Gasteiger charge is -2.36. The zero-order chi connectivity index (χ0) is 14.8. The molecule has 2 atom stereocenters. The smallest absolute Gasteiger partial charge is 0.126 e. The first-order valence-electron chi connectivity index (χ1n) is 8.37. The van der Waals surface area contributed by atoms with Crippen molar-refractivity contribution < 1.29 is 4.39 Å². The van der Waals surface area contributed by atoms with Gasteiger partial charge in [0.05, 0.1) is 0 Å². The maximum absolute atomic E-state index is 13.6.